The summed E-state index contributed by atoms with van der Waals surface area (Å²) in [6.07, 6.45) is 1.07. The summed E-state index contributed by atoms with van der Waals surface area (Å²) in [5.74, 6) is 0. The van der Waals surface area contributed by atoms with Crippen molar-refractivity contribution in [3.05, 3.63) is 56.5 Å². The first kappa shape index (κ1) is 13.8. The molecule has 20 heavy (non-hydrogen) atoms. The molecule has 0 aliphatic carbocycles. The lowest BCUT2D eigenvalue weighted by atomic mass is 10.1. The fourth-order valence-electron chi connectivity index (χ4n) is 2.66. The van der Waals surface area contributed by atoms with Crippen molar-refractivity contribution in [1.29, 1.82) is 0 Å². The van der Waals surface area contributed by atoms with Gasteiger partial charge in [-0.2, -0.15) is 0 Å². The van der Waals surface area contributed by atoms with Gasteiger partial charge in [0.15, 0.2) is 0 Å². The Morgan fingerprint density at radius 1 is 1.30 bits per heavy atom. The van der Waals surface area contributed by atoms with Gasteiger partial charge in [0.1, 0.15) is 0 Å². The van der Waals surface area contributed by atoms with Crippen molar-refractivity contribution < 1.29 is 0 Å². The number of hydrogen-bond acceptors (Lipinski definition) is 2. The number of halogens is 2. The van der Waals surface area contributed by atoms with Gasteiger partial charge in [0, 0.05) is 34.0 Å². The van der Waals surface area contributed by atoms with Crippen LogP contribution in [0.15, 0.2) is 34.8 Å². The number of hydrogen-bond donors (Lipinski definition) is 1. The Balaban J connectivity index is 1.90. The summed E-state index contributed by atoms with van der Waals surface area (Å²) in [6.45, 7) is 3.90. The van der Waals surface area contributed by atoms with Gasteiger partial charge in [0.2, 0.25) is 0 Å². The molecule has 0 saturated heterocycles. The average Bonchev–Trinajstić information content (AvgIpc) is 2.76. The Bertz CT molecular complexity index is 670. The standard InChI is InChI=1S/C16H16BrClN2/c1-10-6-11-4-5-20(16(11)8-15(10)19)9-12-2-3-13(17)7-14(12)18/h2-3,6-8H,4-5,9,19H2,1H3. The van der Waals surface area contributed by atoms with E-state index in [1.165, 1.54) is 11.3 Å². The molecule has 2 N–H and O–H groups in total. The topological polar surface area (TPSA) is 29.3 Å². The molecule has 0 spiro atoms. The lowest BCUT2D eigenvalue weighted by Crippen LogP contribution is -2.20. The zero-order chi connectivity index (χ0) is 14.3. The van der Waals surface area contributed by atoms with Crippen molar-refractivity contribution in [3.63, 3.8) is 0 Å². The molecule has 2 aromatic rings. The van der Waals surface area contributed by atoms with Crippen LogP contribution in [0, 0.1) is 6.92 Å². The third-order valence-corrected chi connectivity index (χ3v) is 4.68. The molecule has 0 amide bonds. The normalized spacial score (nSPS) is 13.7. The SMILES string of the molecule is Cc1cc2c(cc1N)N(Cc1ccc(Br)cc1Cl)CC2. The summed E-state index contributed by atoms with van der Waals surface area (Å²) in [5, 5.41) is 0.799. The molecular formula is C16H16BrClN2. The molecule has 2 aromatic carbocycles. The van der Waals surface area contributed by atoms with Crippen LogP contribution in [0.3, 0.4) is 0 Å². The number of aryl methyl sites for hydroxylation is 1. The minimum Gasteiger partial charge on any atom is -0.398 e. The van der Waals surface area contributed by atoms with Gasteiger partial charge in [0.05, 0.1) is 0 Å². The highest BCUT2D eigenvalue weighted by Gasteiger charge is 2.20. The van der Waals surface area contributed by atoms with Crippen LogP contribution in [0.1, 0.15) is 16.7 Å². The Morgan fingerprint density at radius 2 is 2.10 bits per heavy atom. The summed E-state index contributed by atoms with van der Waals surface area (Å²) in [5.41, 5.74) is 11.8. The van der Waals surface area contributed by atoms with Crippen molar-refractivity contribution in [2.45, 2.75) is 19.9 Å². The van der Waals surface area contributed by atoms with Crippen LogP contribution in [0.4, 0.5) is 11.4 Å². The molecule has 1 aliphatic heterocycles. The van der Waals surface area contributed by atoms with Gasteiger partial charge in [-0.15, -0.1) is 0 Å². The monoisotopic (exact) mass is 350 g/mol. The molecule has 2 nitrogen and oxygen atoms in total. The highest BCUT2D eigenvalue weighted by Crippen LogP contribution is 2.34. The van der Waals surface area contributed by atoms with E-state index in [1.807, 2.05) is 12.1 Å². The molecule has 0 radical (unpaired) electrons. The van der Waals surface area contributed by atoms with E-state index in [-0.39, 0.29) is 0 Å². The number of nitrogen functional groups attached to an aromatic ring is 1. The molecule has 3 rings (SSSR count). The molecule has 104 valence electrons. The fraction of sp³-hybridized carbons (Fsp3) is 0.250. The van der Waals surface area contributed by atoms with E-state index in [2.05, 4.69) is 46.0 Å². The van der Waals surface area contributed by atoms with Gasteiger partial charge in [0.25, 0.3) is 0 Å². The molecule has 4 heteroatoms. The van der Waals surface area contributed by atoms with Crippen LogP contribution in [-0.2, 0) is 13.0 Å². The van der Waals surface area contributed by atoms with E-state index in [1.54, 1.807) is 0 Å². The highest BCUT2D eigenvalue weighted by molar-refractivity contribution is 9.10. The maximum absolute atomic E-state index is 6.31. The third-order valence-electron chi connectivity index (χ3n) is 3.84. The molecule has 0 unspecified atom stereocenters. The van der Waals surface area contributed by atoms with E-state index in [9.17, 15) is 0 Å². The largest absolute Gasteiger partial charge is 0.398 e. The van der Waals surface area contributed by atoms with Crippen molar-refractivity contribution in [2.24, 2.45) is 0 Å². The summed E-state index contributed by atoms with van der Waals surface area (Å²) >= 11 is 9.75. The second-order valence-electron chi connectivity index (χ2n) is 5.24. The van der Waals surface area contributed by atoms with Gasteiger partial charge in [-0.05, 0) is 48.2 Å². The van der Waals surface area contributed by atoms with Crippen molar-refractivity contribution >= 4 is 38.9 Å². The van der Waals surface area contributed by atoms with Gasteiger partial charge in [-0.3, -0.25) is 0 Å². The van der Waals surface area contributed by atoms with Gasteiger partial charge in [-0.25, -0.2) is 0 Å². The van der Waals surface area contributed by atoms with Gasteiger partial charge < -0.3 is 10.6 Å². The summed E-state index contributed by atoms with van der Waals surface area (Å²) in [6, 6.07) is 10.3. The zero-order valence-electron chi connectivity index (χ0n) is 11.3. The second kappa shape index (κ2) is 5.30. The van der Waals surface area contributed by atoms with Crippen molar-refractivity contribution in [2.75, 3.05) is 17.2 Å². The minimum atomic E-state index is 0.799. The lowest BCUT2D eigenvalue weighted by Gasteiger charge is -2.21. The molecule has 1 aliphatic rings. The minimum absolute atomic E-state index is 0.799. The fourth-order valence-corrected chi connectivity index (χ4v) is 3.40. The molecule has 0 atom stereocenters. The van der Waals surface area contributed by atoms with E-state index in [0.717, 1.165) is 45.8 Å². The second-order valence-corrected chi connectivity index (χ2v) is 6.57. The predicted molar refractivity (Wildman–Crippen MR) is 89.5 cm³/mol. The molecule has 1 heterocycles. The average molecular weight is 352 g/mol. The summed E-state index contributed by atoms with van der Waals surface area (Å²) in [4.78, 5) is 2.35. The molecule has 0 aromatic heterocycles. The van der Waals surface area contributed by atoms with E-state index < -0.39 is 0 Å². The lowest BCUT2D eigenvalue weighted by molar-refractivity contribution is 0.836. The predicted octanol–water partition coefficient (Wildman–Crippen LogP) is 4.56. The molecule has 0 saturated carbocycles. The maximum Gasteiger partial charge on any atom is 0.0467 e. The first-order chi connectivity index (χ1) is 9.54. The van der Waals surface area contributed by atoms with E-state index in [4.69, 9.17) is 17.3 Å². The number of anilines is 2. The van der Waals surface area contributed by atoms with E-state index in [0.29, 0.717) is 0 Å². The van der Waals surface area contributed by atoms with Crippen LogP contribution < -0.4 is 10.6 Å². The van der Waals surface area contributed by atoms with E-state index >= 15 is 0 Å². The highest BCUT2D eigenvalue weighted by atomic mass is 79.9. The Kier molecular flexibility index (Phi) is 3.65. The maximum atomic E-state index is 6.31. The van der Waals surface area contributed by atoms with Crippen LogP contribution in [0.2, 0.25) is 5.02 Å². The Morgan fingerprint density at radius 3 is 2.85 bits per heavy atom. The number of rotatable bonds is 2. The molecular weight excluding hydrogens is 336 g/mol. The molecule has 0 bridgehead atoms. The third kappa shape index (κ3) is 2.52. The quantitative estimate of drug-likeness (QED) is 0.804. The zero-order valence-corrected chi connectivity index (χ0v) is 13.6. The first-order valence-corrected chi connectivity index (χ1v) is 7.79. The van der Waals surface area contributed by atoms with Crippen LogP contribution in [0.25, 0.3) is 0 Å². The number of nitrogens with two attached hydrogens (primary N) is 1. The van der Waals surface area contributed by atoms with Gasteiger partial charge in [-0.1, -0.05) is 39.7 Å². The molecule has 0 fully saturated rings. The van der Waals surface area contributed by atoms with Gasteiger partial charge >= 0.3 is 0 Å². The number of fused-ring (bicyclic) bond motifs is 1. The van der Waals surface area contributed by atoms with Crippen LogP contribution in [-0.4, -0.2) is 6.54 Å². The number of nitrogens with zero attached hydrogens (tertiary/aromatic N) is 1. The van der Waals surface area contributed by atoms with Crippen LogP contribution >= 0.6 is 27.5 Å². The first-order valence-electron chi connectivity index (χ1n) is 6.62. The Hall–Kier alpha value is -1.19. The smallest absolute Gasteiger partial charge is 0.0467 e. The summed E-state index contributed by atoms with van der Waals surface area (Å²) < 4.78 is 1.01. The van der Waals surface area contributed by atoms with Crippen LogP contribution in [0.5, 0.6) is 0 Å². The number of benzene rings is 2. The Labute approximate surface area is 132 Å². The van der Waals surface area contributed by atoms with Crippen molar-refractivity contribution in [3.8, 4) is 0 Å². The summed E-state index contributed by atoms with van der Waals surface area (Å²) in [7, 11) is 0. The van der Waals surface area contributed by atoms with Crippen molar-refractivity contribution in [1.82, 2.24) is 0 Å².